The van der Waals surface area contributed by atoms with Crippen LogP contribution >= 0.6 is 11.8 Å². The number of hydrogen-bond donors (Lipinski definition) is 1. The third kappa shape index (κ3) is 3.31. The highest BCUT2D eigenvalue weighted by Crippen LogP contribution is 2.02. The minimum Gasteiger partial charge on any atom is -0.320 e. The Morgan fingerprint density at radius 3 is 2.93 bits per heavy atom. The molecule has 0 radical (unpaired) electrons. The van der Waals surface area contributed by atoms with Crippen molar-refractivity contribution in [3.63, 3.8) is 0 Å². The maximum Gasteiger partial charge on any atom is 0.146 e. The maximum atomic E-state index is 4.03. The lowest BCUT2D eigenvalue weighted by molar-refractivity contribution is 0.521. The van der Waals surface area contributed by atoms with Gasteiger partial charge in [0, 0.05) is 18.8 Å². The Kier molecular flexibility index (Phi) is 4.97. The SMILES string of the molecule is CCC(CSC)NCc1nncn1C. The lowest BCUT2D eigenvalue weighted by Crippen LogP contribution is -2.31. The van der Waals surface area contributed by atoms with E-state index in [2.05, 4.69) is 28.7 Å². The van der Waals surface area contributed by atoms with E-state index in [1.807, 2.05) is 23.4 Å². The number of nitrogens with one attached hydrogen (secondary N) is 1. The van der Waals surface area contributed by atoms with Crippen molar-refractivity contribution >= 4 is 11.8 Å². The van der Waals surface area contributed by atoms with Crippen molar-refractivity contribution in [3.8, 4) is 0 Å². The Hall–Kier alpha value is -0.550. The van der Waals surface area contributed by atoms with Crippen LogP contribution < -0.4 is 5.32 Å². The Bertz CT molecular complexity index is 261. The van der Waals surface area contributed by atoms with E-state index in [1.165, 1.54) is 0 Å². The molecule has 80 valence electrons. The smallest absolute Gasteiger partial charge is 0.146 e. The van der Waals surface area contributed by atoms with Crippen LogP contribution in [0.15, 0.2) is 6.33 Å². The van der Waals surface area contributed by atoms with E-state index in [0.29, 0.717) is 6.04 Å². The highest BCUT2D eigenvalue weighted by molar-refractivity contribution is 7.98. The van der Waals surface area contributed by atoms with Gasteiger partial charge in [0.05, 0.1) is 6.54 Å². The molecule has 0 aliphatic rings. The van der Waals surface area contributed by atoms with Gasteiger partial charge in [0.25, 0.3) is 0 Å². The molecular formula is C9H18N4S. The largest absolute Gasteiger partial charge is 0.320 e. The summed E-state index contributed by atoms with van der Waals surface area (Å²) in [5.41, 5.74) is 0. The van der Waals surface area contributed by atoms with Gasteiger partial charge >= 0.3 is 0 Å². The Balaban J connectivity index is 2.35. The molecular weight excluding hydrogens is 196 g/mol. The van der Waals surface area contributed by atoms with Gasteiger partial charge in [-0.2, -0.15) is 11.8 Å². The van der Waals surface area contributed by atoms with Gasteiger partial charge in [0.2, 0.25) is 0 Å². The predicted octanol–water partition coefficient (Wildman–Crippen LogP) is 1.05. The summed E-state index contributed by atoms with van der Waals surface area (Å²) in [5, 5.41) is 11.3. The minimum absolute atomic E-state index is 0.571. The topological polar surface area (TPSA) is 42.7 Å². The molecule has 1 rings (SSSR count). The molecule has 0 saturated heterocycles. The number of thioether (sulfide) groups is 1. The fourth-order valence-corrected chi connectivity index (χ4v) is 1.98. The average molecular weight is 214 g/mol. The zero-order valence-corrected chi connectivity index (χ0v) is 9.84. The molecule has 5 heteroatoms. The highest BCUT2D eigenvalue weighted by atomic mass is 32.2. The van der Waals surface area contributed by atoms with E-state index in [4.69, 9.17) is 0 Å². The first-order valence-corrected chi connectivity index (χ1v) is 6.22. The second-order valence-corrected chi connectivity index (χ2v) is 4.21. The summed E-state index contributed by atoms with van der Waals surface area (Å²) in [6.07, 6.45) is 5.01. The van der Waals surface area contributed by atoms with Crippen molar-refractivity contribution < 1.29 is 0 Å². The van der Waals surface area contributed by atoms with E-state index in [-0.39, 0.29) is 0 Å². The third-order valence-electron chi connectivity index (χ3n) is 2.21. The van der Waals surface area contributed by atoms with Crippen molar-refractivity contribution in [2.75, 3.05) is 12.0 Å². The number of aromatic nitrogens is 3. The molecule has 0 aliphatic heterocycles. The second kappa shape index (κ2) is 6.03. The Morgan fingerprint density at radius 2 is 2.43 bits per heavy atom. The van der Waals surface area contributed by atoms with Crippen LogP contribution in [0.2, 0.25) is 0 Å². The summed E-state index contributed by atoms with van der Waals surface area (Å²) in [5.74, 6) is 2.14. The first-order valence-electron chi connectivity index (χ1n) is 4.83. The molecule has 0 aliphatic carbocycles. The van der Waals surface area contributed by atoms with E-state index >= 15 is 0 Å². The zero-order valence-electron chi connectivity index (χ0n) is 9.03. The molecule has 0 saturated carbocycles. The molecule has 0 bridgehead atoms. The fraction of sp³-hybridized carbons (Fsp3) is 0.778. The van der Waals surface area contributed by atoms with Gasteiger partial charge in [-0.25, -0.2) is 0 Å². The third-order valence-corrected chi connectivity index (χ3v) is 2.95. The van der Waals surface area contributed by atoms with Gasteiger partial charge < -0.3 is 9.88 Å². The van der Waals surface area contributed by atoms with E-state index in [0.717, 1.165) is 24.5 Å². The van der Waals surface area contributed by atoms with Crippen LogP contribution in [0.3, 0.4) is 0 Å². The van der Waals surface area contributed by atoms with Gasteiger partial charge in [0.1, 0.15) is 12.2 Å². The molecule has 1 unspecified atom stereocenters. The zero-order chi connectivity index (χ0) is 10.4. The number of rotatable bonds is 6. The van der Waals surface area contributed by atoms with Gasteiger partial charge in [-0.3, -0.25) is 0 Å². The van der Waals surface area contributed by atoms with Crippen molar-refractivity contribution in [2.45, 2.75) is 25.9 Å². The minimum atomic E-state index is 0.571. The Morgan fingerprint density at radius 1 is 1.64 bits per heavy atom. The van der Waals surface area contributed by atoms with Crippen LogP contribution in [0.5, 0.6) is 0 Å². The fourth-order valence-electron chi connectivity index (χ4n) is 1.23. The van der Waals surface area contributed by atoms with Gasteiger partial charge in [-0.05, 0) is 12.7 Å². The van der Waals surface area contributed by atoms with E-state index < -0.39 is 0 Å². The number of nitrogens with zero attached hydrogens (tertiary/aromatic N) is 3. The van der Waals surface area contributed by atoms with Crippen LogP contribution in [-0.2, 0) is 13.6 Å². The molecule has 14 heavy (non-hydrogen) atoms. The van der Waals surface area contributed by atoms with Gasteiger partial charge in [-0.1, -0.05) is 6.92 Å². The molecule has 1 atom stereocenters. The van der Waals surface area contributed by atoms with Crippen LogP contribution in [0, 0.1) is 0 Å². The van der Waals surface area contributed by atoms with Crippen LogP contribution in [-0.4, -0.2) is 32.8 Å². The van der Waals surface area contributed by atoms with Gasteiger partial charge in [-0.15, -0.1) is 10.2 Å². The summed E-state index contributed by atoms with van der Waals surface area (Å²) in [7, 11) is 1.96. The van der Waals surface area contributed by atoms with Crippen molar-refractivity contribution in [3.05, 3.63) is 12.2 Å². The van der Waals surface area contributed by atoms with Crippen LogP contribution in [0.1, 0.15) is 19.2 Å². The molecule has 0 aromatic carbocycles. The van der Waals surface area contributed by atoms with Crippen molar-refractivity contribution in [2.24, 2.45) is 7.05 Å². The van der Waals surface area contributed by atoms with Crippen molar-refractivity contribution in [1.29, 1.82) is 0 Å². The predicted molar refractivity (Wildman–Crippen MR) is 60.3 cm³/mol. The van der Waals surface area contributed by atoms with E-state index in [9.17, 15) is 0 Å². The summed E-state index contributed by atoms with van der Waals surface area (Å²) in [6, 6.07) is 0.571. The Labute approximate surface area is 89.5 Å². The first kappa shape index (κ1) is 11.5. The highest BCUT2D eigenvalue weighted by Gasteiger charge is 2.06. The monoisotopic (exact) mass is 214 g/mol. The first-order chi connectivity index (χ1) is 6.77. The average Bonchev–Trinajstić information content (AvgIpc) is 2.59. The molecule has 0 fully saturated rings. The molecule has 1 heterocycles. The lowest BCUT2D eigenvalue weighted by atomic mass is 10.2. The summed E-state index contributed by atoms with van der Waals surface area (Å²) in [6.45, 7) is 3.00. The van der Waals surface area contributed by atoms with E-state index in [1.54, 1.807) is 6.33 Å². The molecule has 1 aromatic rings. The molecule has 1 N–H and O–H groups in total. The standard InChI is InChI=1S/C9H18N4S/c1-4-8(6-14-3)10-5-9-12-11-7-13(9)2/h7-8,10H,4-6H2,1-3H3. The van der Waals surface area contributed by atoms with Crippen molar-refractivity contribution in [1.82, 2.24) is 20.1 Å². The number of aryl methyl sites for hydroxylation is 1. The van der Waals surface area contributed by atoms with Crippen LogP contribution in [0.25, 0.3) is 0 Å². The quantitative estimate of drug-likeness (QED) is 0.768. The normalized spacial score (nSPS) is 13.1. The molecule has 0 spiro atoms. The molecule has 0 amide bonds. The number of hydrogen-bond acceptors (Lipinski definition) is 4. The molecule has 4 nitrogen and oxygen atoms in total. The summed E-state index contributed by atoms with van der Waals surface area (Å²) < 4.78 is 1.94. The summed E-state index contributed by atoms with van der Waals surface area (Å²) >= 11 is 1.87. The summed E-state index contributed by atoms with van der Waals surface area (Å²) in [4.78, 5) is 0. The van der Waals surface area contributed by atoms with Crippen LogP contribution in [0.4, 0.5) is 0 Å². The van der Waals surface area contributed by atoms with Gasteiger partial charge in [0.15, 0.2) is 0 Å². The molecule has 1 aromatic heterocycles. The second-order valence-electron chi connectivity index (χ2n) is 3.30. The maximum absolute atomic E-state index is 4.03. The lowest BCUT2D eigenvalue weighted by Gasteiger charge is -2.14.